The molecule has 1 rings (SSSR count). The van der Waals surface area contributed by atoms with Crippen molar-refractivity contribution in [3.8, 4) is 0 Å². The molecule has 0 aromatic heterocycles. The third-order valence-electron chi connectivity index (χ3n) is 3.32. The van der Waals surface area contributed by atoms with Gasteiger partial charge in [-0.3, -0.25) is 0 Å². The van der Waals surface area contributed by atoms with Crippen molar-refractivity contribution in [3.63, 3.8) is 0 Å². The minimum absolute atomic E-state index is 0.0960. The summed E-state index contributed by atoms with van der Waals surface area (Å²) < 4.78 is 5.93. The van der Waals surface area contributed by atoms with E-state index in [0.29, 0.717) is 18.6 Å². The van der Waals surface area contributed by atoms with Crippen LogP contribution in [0.4, 0.5) is 0 Å². The van der Waals surface area contributed by atoms with Gasteiger partial charge in [-0.05, 0) is 25.7 Å². The summed E-state index contributed by atoms with van der Waals surface area (Å²) in [5.41, 5.74) is 5.67. The van der Waals surface area contributed by atoms with E-state index in [-0.39, 0.29) is 5.60 Å². The number of ether oxygens (including phenoxy) is 1. The topological polar surface area (TPSA) is 35.2 Å². The highest BCUT2D eigenvalue weighted by Gasteiger charge is 2.38. The van der Waals surface area contributed by atoms with Crippen molar-refractivity contribution >= 4 is 0 Å². The average molecular weight is 171 g/mol. The van der Waals surface area contributed by atoms with Crippen molar-refractivity contribution in [2.45, 2.75) is 51.7 Å². The van der Waals surface area contributed by atoms with E-state index in [1.54, 1.807) is 0 Å². The molecule has 12 heavy (non-hydrogen) atoms. The van der Waals surface area contributed by atoms with Gasteiger partial charge in [-0.15, -0.1) is 0 Å². The molecule has 2 nitrogen and oxygen atoms in total. The summed E-state index contributed by atoms with van der Waals surface area (Å²) in [4.78, 5) is 0. The first-order chi connectivity index (χ1) is 5.62. The normalized spacial score (nSPS) is 38.5. The summed E-state index contributed by atoms with van der Waals surface area (Å²) in [5.74, 6) is 0.647. The van der Waals surface area contributed by atoms with Crippen molar-refractivity contribution in [1.29, 1.82) is 0 Å². The van der Waals surface area contributed by atoms with Gasteiger partial charge in [0, 0.05) is 6.54 Å². The average Bonchev–Trinajstić information content (AvgIpc) is 2.47. The van der Waals surface area contributed by atoms with Crippen LogP contribution < -0.4 is 5.73 Å². The van der Waals surface area contributed by atoms with Gasteiger partial charge in [-0.2, -0.15) is 0 Å². The lowest BCUT2D eigenvalue weighted by atomic mass is 9.86. The molecule has 0 aliphatic carbocycles. The molecule has 72 valence electrons. The fraction of sp³-hybridized carbons (Fsp3) is 1.00. The third-order valence-corrected chi connectivity index (χ3v) is 3.32. The van der Waals surface area contributed by atoms with Crippen molar-refractivity contribution in [2.75, 3.05) is 6.54 Å². The van der Waals surface area contributed by atoms with Gasteiger partial charge < -0.3 is 10.5 Å². The molecule has 0 aromatic rings. The second kappa shape index (κ2) is 3.75. The van der Waals surface area contributed by atoms with E-state index in [2.05, 4.69) is 20.8 Å². The number of nitrogens with two attached hydrogens (primary N) is 1. The molecule has 0 amide bonds. The van der Waals surface area contributed by atoms with E-state index >= 15 is 0 Å². The van der Waals surface area contributed by atoms with E-state index in [9.17, 15) is 0 Å². The first-order valence-corrected chi connectivity index (χ1v) is 5.00. The summed E-state index contributed by atoms with van der Waals surface area (Å²) in [7, 11) is 0. The number of rotatable bonds is 3. The van der Waals surface area contributed by atoms with Crippen LogP contribution in [0.25, 0.3) is 0 Å². The summed E-state index contributed by atoms with van der Waals surface area (Å²) in [6, 6.07) is 0. The predicted molar refractivity (Wildman–Crippen MR) is 51.0 cm³/mol. The Hall–Kier alpha value is -0.0800. The molecule has 2 N–H and O–H groups in total. The molecule has 0 saturated carbocycles. The number of hydrogen-bond acceptors (Lipinski definition) is 2. The van der Waals surface area contributed by atoms with Gasteiger partial charge in [0.2, 0.25) is 0 Å². The minimum atomic E-state index is 0.0960. The van der Waals surface area contributed by atoms with Crippen LogP contribution >= 0.6 is 0 Å². The fourth-order valence-corrected chi connectivity index (χ4v) is 1.91. The molecule has 1 fully saturated rings. The van der Waals surface area contributed by atoms with Crippen LogP contribution in [0, 0.1) is 5.92 Å². The highest BCUT2D eigenvalue weighted by Crippen LogP contribution is 2.37. The van der Waals surface area contributed by atoms with Crippen molar-refractivity contribution in [1.82, 2.24) is 0 Å². The molecular formula is C10H21NO. The van der Waals surface area contributed by atoms with E-state index in [1.165, 1.54) is 12.8 Å². The molecule has 3 unspecified atom stereocenters. The molecule has 0 aromatic carbocycles. The SMILES string of the molecule is CCC(C)C1(C)CCC(CN)O1. The Morgan fingerprint density at radius 1 is 1.67 bits per heavy atom. The molecular weight excluding hydrogens is 150 g/mol. The molecule has 3 atom stereocenters. The molecule has 0 spiro atoms. The lowest BCUT2D eigenvalue weighted by molar-refractivity contribution is -0.0600. The fourth-order valence-electron chi connectivity index (χ4n) is 1.91. The second-order valence-corrected chi connectivity index (χ2v) is 4.14. The summed E-state index contributed by atoms with van der Waals surface area (Å²) in [6.45, 7) is 7.37. The van der Waals surface area contributed by atoms with Gasteiger partial charge in [0.1, 0.15) is 0 Å². The Balaban J connectivity index is 2.51. The maximum atomic E-state index is 5.93. The van der Waals surface area contributed by atoms with Crippen LogP contribution in [-0.4, -0.2) is 18.2 Å². The summed E-state index contributed by atoms with van der Waals surface area (Å²) in [5, 5.41) is 0. The van der Waals surface area contributed by atoms with E-state index in [0.717, 1.165) is 6.42 Å². The zero-order valence-electron chi connectivity index (χ0n) is 8.47. The Bertz CT molecular complexity index is 149. The molecule has 0 radical (unpaired) electrons. The van der Waals surface area contributed by atoms with Crippen molar-refractivity contribution in [2.24, 2.45) is 11.7 Å². The van der Waals surface area contributed by atoms with Crippen molar-refractivity contribution in [3.05, 3.63) is 0 Å². The maximum Gasteiger partial charge on any atom is 0.0705 e. The van der Waals surface area contributed by atoms with Crippen molar-refractivity contribution < 1.29 is 4.74 Å². The van der Waals surface area contributed by atoms with Crippen LogP contribution in [0.3, 0.4) is 0 Å². The molecule has 1 aliphatic heterocycles. The quantitative estimate of drug-likeness (QED) is 0.704. The third kappa shape index (κ3) is 1.80. The van der Waals surface area contributed by atoms with Crippen LogP contribution in [0.5, 0.6) is 0 Å². The van der Waals surface area contributed by atoms with E-state index in [4.69, 9.17) is 10.5 Å². The first-order valence-electron chi connectivity index (χ1n) is 5.00. The lowest BCUT2D eigenvalue weighted by Gasteiger charge is -2.30. The highest BCUT2D eigenvalue weighted by atomic mass is 16.5. The van der Waals surface area contributed by atoms with Gasteiger partial charge in [0.05, 0.1) is 11.7 Å². The Morgan fingerprint density at radius 2 is 2.33 bits per heavy atom. The van der Waals surface area contributed by atoms with Gasteiger partial charge in [0.15, 0.2) is 0 Å². The van der Waals surface area contributed by atoms with Gasteiger partial charge in [-0.25, -0.2) is 0 Å². The highest BCUT2D eigenvalue weighted by molar-refractivity contribution is 4.88. The standard InChI is InChI=1S/C10H21NO/c1-4-8(2)10(3)6-5-9(7-11)12-10/h8-9H,4-7,11H2,1-3H3. The molecule has 1 heterocycles. The monoisotopic (exact) mass is 171 g/mol. The van der Waals surface area contributed by atoms with Crippen LogP contribution in [0.15, 0.2) is 0 Å². The second-order valence-electron chi connectivity index (χ2n) is 4.14. The Morgan fingerprint density at radius 3 is 2.75 bits per heavy atom. The first kappa shape index (κ1) is 10.0. The van der Waals surface area contributed by atoms with Crippen LogP contribution in [0.2, 0.25) is 0 Å². The van der Waals surface area contributed by atoms with E-state index in [1.807, 2.05) is 0 Å². The molecule has 0 bridgehead atoms. The Kier molecular flexibility index (Phi) is 3.13. The van der Waals surface area contributed by atoms with Gasteiger partial charge in [0.25, 0.3) is 0 Å². The molecule has 1 aliphatic rings. The summed E-state index contributed by atoms with van der Waals surface area (Å²) in [6.07, 6.45) is 3.80. The van der Waals surface area contributed by atoms with Gasteiger partial charge >= 0.3 is 0 Å². The summed E-state index contributed by atoms with van der Waals surface area (Å²) >= 11 is 0. The van der Waals surface area contributed by atoms with E-state index < -0.39 is 0 Å². The molecule has 2 heteroatoms. The smallest absolute Gasteiger partial charge is 0.0705 e. The number of hydrogen-bond donors (Lipinski definition) is 1. The van der Waals surface area contributed by atoms with Crippen LogP contribution in [0.1, 0.15) is 40.0 Å². The largest absolute Gasteiger partial charge is 0.370 e. The lowest BCUT2D eigenvalue weighted by Crippen LogP contribution is -2.34. The predicted octanol–water partition coefficient (Wildman–Crippen LogP) is 1.93. The maximum absolute atomic E-state index is 5.93. The van der Waals surface area contributed by atoms with Crippen LogP contribution in [-0.2, 0) is 4.74 Å². The van der Waals surface area contributed by atoms with Gasteiger partial charge in [-0.1, -0.05) is 20.3 Å². The minimum Gasteiger partial charge on any atom is -0.370 e. The molecule has 1 saturated heterocycles. The zero-order valence-corrected chi connectivity index (χ0v) is 8.47. The zero-order chi connectivity index (χ0) is 9.19. The Labute approximate surface area is 75.5 Å².